The number of hydrogen-bond donors (Lipinski definition) is 1. The van der Waals surface area contributed by atoms with Gasteiger partial charge < -0.3 is 5.32 Å². The maximum atomic E-state index is 12.3. The molecule has 1 aliphatic rings. The van der Waals surface area contributed by atoms with Gasteiger partial charge in [0.2, 0.25) is 0 Å². The minimum atomic E-state index is -0.264. The molecule has 128 valence electrons. The fraction of sp³-hybridized carbons (Fsp3) is 0.500. The van der Waals surface area contributed by atoms with Gasteiger partial charge in [-0.2, -0.15) is 5.10 Å². The summed E-state index contributed by atoms with van der Waals surface area (Å²) in [7, 11) is 4.07. The van der Waals surface area contributed by atoms with Crippen LogP contribution in [0.1, 0.15) is 35.1 Å². The van der Waals surface area contributed by atoms with Crippen LogP contribution in [-0.2, 0) is 7.05 Å². The molecule has 1 aliphatic heterocycles. The van der Waals surface area contributed by atoms with Crippen LogP contribution in [-0.4, -0.2) is 50.7 Å². The Labute approximate surface area is 146 Å². The Hall–Kier alpha value is -1.99. The van der Waals surface area contributed by atoms with E-state index in [2.05, 4.69) is 32.3 Å². The number of rotatable bonds is 4. The standard InChI is InChI=1S/C16H21ClN6O/c1-22-7-3-4-11(15(22)13-5-6-21-23(13)2)8-19-16(24)14-12(17)9-18-10-20-14/h5-6,9-11,15H,3-4,7-8H2,1-2H3,(H,19,24)/t11-,15+/m0/s1. The number of amides is 1. The molecule has 0 saturated carbocycles. The largest absolute Gasteiger partial charge is 0.350 e. The molecule has 0 bridgehead atoms. The van der Waals surface area contributed by atoms with Crippen LogP contribution in [0.3, 0.4) is 0 Å². The average molecular weight is 349 g/mol. The van der Waals surface area contributed by atoms with E-state index in [1.807, 2.05) is 24.0 Å². The molecule has 7 nitrogen and oxygen atoms in total. The first-order valence-corrected chi connectivity index (χ1v) is 8.37. The monoisotopic (exact) mass is 348 g/mol. The molecule has 1 saturated heterocycles. The van der Waals surface area contributed by atoms with Gasteiger partial charge in [0.25, 0.3) is 5.91 Å². The lowest BCUT2D eigenvalue weighted by molar-refractivity contribution is 0.0876. The Morgan fingerprint density at radius 1 is 1.46 bits per heavy atom. The van der Waals surface area contributed by atoms with Crippen LogP contribution < -0.4 is 5.32 Å². The molecular weight excluding hydrogens is 328 g/mol. The van der Waals surface area contributed by atoms with Gasteiger partial charge in [-0.15, -0.1) is 0 Å². The van der Waals surface area contributed by atoms with Gasteiger partial charge >= 0.3 is 0 Å². The summed E-state index contributed by atoms with van der Waals surface area (Å²) in [6, 6.07) is 2.27. The Morgan fingerprint density at radius 3 is 3.00 bits per heavy atom. The summed E-state index contributed by atoms with van der Waals surface area (Å²) in [6.07, 6.45) is 6.73. The van der Waals surface area contributed by atoms with Crippen molar-refractivity contribution in [3.05, 3.63) is 41.2 Å². The molecule has 2 aromatic heterocycles. The lowest BCUT2D eigenvalue weighted by Gasteiger charge is -2.39. The number of aromatic nitrogens is 4. The number of carbonyl (C=O) groups excluding carboxylic acids is 1. The Balaban J connectivity index is 1.72. The predicted molar refractivity (Wildman–Crippen MR) is 90.7 cm³/mol. The van der Waals surface area contributed by atoms with E-state index in [4.69, 9.17) is 11.6 Å². The Morgan fingerprint density at radius 2 is 2.29 bits per heavy atom. The Kier molecular flexibility index (Phi) is 5.11. The maximum Gasteiger partial charge on any atom is 0.271 e. The normalized spacial score (nSPS) is 21.6. The molecule has 1 fully saturated rings. The molecule has 0 spiro atoms. The van der Waals surface area contributed by atoms with Crippen molar-refractivity contribution in [1.82, 2.24) is 30.0 Å². The summed E-state index contributed by atoms with van der Waals surface area (Å²) < 4.78 is 1.91. The summed E-state index contributed by atoms with van der Waals surface area (Å²) in [5, 5.41) is 7.52. The molecule has 3 rings (SSSR count). The number of nitrogens with one attached hydrogen (secondary N) is 1. The lowest BCUT2D eigenvalue weighted by atomic mass is 9.87. The van der Waals surface area contributed by atoms with E-state index < -0.39 is 0 Å². The maximum absolute atomic E-state index is 12.3. The summed E-state index contributed by atoms with van der Waals surface area (Å²) in [6.45, 7) is 1.61. The van der Waals surface area contributed by atoms with Gasteiger partial charge in [-0.1, -0.05) is 11.6 Å². The van der Waals surface area contributed by atoms with Gasteiger partial charge in [-0.25, -0.2) is 9.97 Å². The van der Waals surface area contributed by atoms with Crippen LogP contribution in [0.25, 0.3) is 0 Å². The highest BCUT2D eigenvalue weighted by molar-refractivity contribution is 6.33. The lowest BCUT2D eigenvalue weighted by Crippen LogP contribution is -2.42. The van der Waals surface area contributed by atoms with E-state index in [9.17, 15) is 4.79 Å². The third-order valence-electron chi connectivity index (χ3n) is 4.58. The molecule has 2 aromatic rings. The zero-order valence-electron chi connectivity index (χ0n) is 13.8. The SMILES string of the molecule is CN1CCC[C@@H](CNC(=O)c2ncncc2Cl)[C@@H]1c1ccnn1C. The van der Waals surface area contributed by atoms with E-state index in [0.29, 0.717) is 12.5 Å². The number of nitrogens with zero attached hydrogens (tertiary/aromatic N) is 5. The predicted octanol–water partition coefficient (Wildman–Crippen LogP) is 1.68. The highest BCUT2D eigenvalue weighted by atomic mass is 35.5. The van der Waals surface area contributed by atoms with E-state index in [-0.39, 0.29) is 22.7 Å². The first kappa shape index (κ1) is 16.9. The molecule has 1 amide bonds. The first-order valence-electron chi connectivity index (χ1n) is 7.99. The number of hydrogen-bond acceptors (Lipinski definition) is 5. The number of likely N-dealkylation sites (tertiary alicyclic amines) is 1. The second kappa shape index (κ2) is 7.27. The number of piperidine rings is 1. The first-order chi connectivity index (χ1) is 11.6. The van der Waals surface area contributed by atoms with Crippen molar-refractivity contribution >= 4 is 17.5 Å². The highest BCUT2D eigenvalue weighted by Crippen LogP contribution is 2.34. The topological polar surface area (TPSA) is 75.9 Å². The summed E-state index contributed by atoms with van der Waals surface area (Å²) >= 11 is 5.99. The van der Waals surface area contributed by atoms with Gasteiger partial charge in [0.05, 0.1) is 16.8 Å². The van der Waals surface area contributed by atoms with Gasteiger partial charge in [-0.3, -0.25) is 14.4 Å². The second-order valence-corrected chi connectivity index (χ2v) is 6.54. The van der Waals surface area contributed by atoms with Crippen LogP contribution in [0, 0.1) is 5.92 Å². The van der Waals surface area contributed by atoms with Crippen molar-refractivity contribution in [3.8, 4) is 0 Å². The molecule has 0 aromatic carbocycles. The van der Waals surface area contributed by atoms with Crippen LogP contribution in [0.2, 0.25) is 5.02 Å². The quantitative estimate of drug-likeness (QED) is 0.909. The molecule has 1 N–H and O–H groups in total. The number of aryl methyl sites for hydroxylation is 1. The molecular formula is C16H21ClN6O. The van der Waals surface area contributed by atoms with Crippen LogP contribution >= 0.6 is 11.6 Å². The molecule has 0 unspecified atom stereocenters. The molecule has 2 atom stereocenters. The molecule has 0 aliphatic carbocycles. The van der Waals surface area contributed by atoms with Crippen molar-refractivity contribution in [3.63, 3.8) is 0 Å². The van der Waals surface area contributed by atoms with Crippen molar-refractivity contribution < 1.29 is 4.79 Å². The van der Waals surface area contributed by atoms with E-state index >= 15 is 0 Å². The van der Waals surface area contributed by atoms with E-state index in [1.165, 1.54) is 12.5 Å². The van der Waals surface area contributed by atoms with Gasteiger partial charge in [0.1, 0.15) is 12.0 Å². The highest BCUT2D eigenvalue weighted by Gasteiger charge is 2.32. The summed E-state index contributed by atoms with van der Waals surface area (Å²) in [5.74, 6) is 0.0445. The molecule has 0 radical (unpaired) electrons. The average Bonchev–Trinajstić information content (AvgIpc) is 2.99. The van der Waals surface area contributed by atoms with E-state index in [1.54, 1.807) is 0 Å². The third kappa shape index (κ3) is 3.42. The number of halogens is 1. The number of carbonyl (C=O) groups is 1. The Bertz CT molecular complexity index is 718. The van der Waals surface area contributed by atoms with Crippen molar-refractivity contribution in [1.29, 1.82) is 0 Å². The minimum absolute atomic E-state index is 0.216. The zero-order valence-corrected chi connectivity index (χ0v) is 14.6. The molecule has 8 heteroatoms. The molecule has 3 heterocycles. The van der Waals surface area contributed by atoms with Crippen molar-refractivity contribution in [2.24, 2.45) is 13.0 Å². The van der Waals surface area contributed by atoms with Crippen molar-refractivity contribution in [2.75, 3.05) is 20.1 Å². The van der Waals surface area contributed by atoms with Crippen molar-refractivity contribution in [2.45, 2.75) is 18.9 Å². The van der Waals surface area contributed by atoms with Crippen LogP contribution in [0.4, 0.5) is 0 Å². The van der Waals surface area contributed by atoms with E-state index in [0.717, 1.165) is 25.1 Å². The van der Waals surface area contributed by atoms with Crippen LogP contribution in [0.5, 0.6) is 0 Å². The smallest absolute Gasteiger partial charge is 0.271 e. The molecule has 24 heavy (non-hydrogen) atoms. The van der Waals surface area contributed by atoms with Gasteiger partial charge in [-0.05, 0) is 38.4 Å². The van der Waals surface area contributed by atoms with Crippen LogP contribution in [0.15, 0.2) is 24.8 Å². The summed E-state index contributed by atoms with van der Waals surface area (Å²) in [4.78, 5) is 22.4. The fourth-order valence-corrected chi connectivity index (χ4v) is 3.59. The summed E-state index contributed by atoms with van der Waals surface area (Å²) in [5.41, 5.74) is 1.38. The second-order valence-electron chi connectivity index (χ2n) is 6.14. The van der Waals surface area contributed by atoms with Gasteiger partial charge in [0.15, 0.2) is 0 Å². The minimum Gasteiger partial charge on any atom is -0.350 e. The van der Waals surface area contributed by atoms with Gasteiger partial charge in [0, 0.05) is 26.0 Å². The fourth-order valence-electron chi connectivity index (χ4n) is 3.40. The zero-order chi connectivity index (χ0) is 17.1. The third-order valence-corrected chi connectivity index (χ3v) is 4.85.